The Kier molecular flexibility index (Phi) is 36.7. The van der Waals surface area contributed by atoms with Crippen molar-refractivity contribution in [3.05, 3.63) is 36.5 Å². The van der Waals surface area contributed by atoms with Gasteiger partial charge in [-0.1, -0.05) is 147 Å². The number of unbranched alkanes of at least 4 members (excludes halogenated alkanes) is 20. The average molecular weight is 771 g/mol. The van der Waals surface area contributed by atoms with Gasteiger partial charge in [0.25, 0.3) is 0 Å². The van der Waals surface area contributed by atoms with Crippen LogP contribution < -0.4 is 0 Å². The van der Waals surface area contributed by atoms with Crippen molar-refractivity contribution in [2.45, 2.75) is 187 Å². The smallest absolute Gasteiger partial charge is 0.457 e. The highest BCUT2D eigenvalue weighted by Crippen LogP contribution is 2.43. The number of phosphoric acid groups is 1. The highest BCUT2D eigenvalue weighted by atomic mass is 31.2. The van der Waals surface area contributed by atoms with Gasteiger partial charge in [0.05, 0.1) is 34.4 Å². The van der Waals surface area contributed by atoms with Crippen molar-refractivity contribution in [2.24, 2.45) is 0 Å². The number of carbonyl (C=O) groups excluding carboxylic acids is 1. The zero-order chi connectivity index (χ0) is 39.1. The van der Waals surface area contributed by atoms with E-state index in [4.69, 9.17) is 18.5 Å². The van der Waals surface area contributed by atoms with Crippen LogP contribution in [0.5, 0.6) is 0 Å². The topological polar surface area (TPSA) is 91.3 Å². The minimum absolute atomic E-state index is 0.0863. The fourth-order valence-electron chi connectivity index (χ4n) is 5.74. The Hall–Kier alpha value is -1.28. The van der Waals surface area contributed by atoms with Gasteiger partial charge in [0.15, 0.2) is 0 Å². The van der Waals surface area contributed by atoms with E-state index in [1.807, 2.05) is 21.1 Å². The number of allylic oxidation sites excluding steroid dienone is 6. The summed E-state index contributed by atoms with van der Waals surface area (Å²) in [5.74, 6) is -0.326. The molecule has 0 radical (unpaired) electrons. The number of hydrogen-bond acceptors (Lipinski definition) is 6. The molecule has 8 nitrogen and oxygen atoms in total. The fraction of sp³-hybridized carbons (Fsp3) is 0.841. The summed E-state index contributed by atoms with van der Waals surface area (Å²) in [5.41, 5.74) is 0. The third-order valence-corrected chi connectivity index (χ3v) is 10.2. The Bertz CT molecular complexity index is 947. The minimum atomic E-state index is -4.27. The van der Waals surface area contributed by atoms with Gasteiger partial charge in [-0.2, -0.15) is 0 Å². The Labute approximate surface area is 327 Å². The fourth-order valence-corrected chi connectivity index (χ4v) is 6.48. The van der Waals surface area contributed by atoms with Gasteiger partial charge in [-0.25, -0.2) is 4.57 Å². The molecule has 0 spiro atoms. The molecule has 0 aliphatic heterocycles. The lowest BCUT2D eigenvalue weighted by Gasteiger charge is -2.24. The lowest BCUT2D eigenvalue weighted by atomic mass is 10.1. The summed E-state index contributed by atoms with van der Waals surface area (Å²) in [4.78, 5) is 22.8. The number of ether oxygens (including phenoxy) is 2. The van der Waals surface area contributed by atoms with Gasteiger partial charge in [-0.15, -0.1) is 0 Å². The molecule has 0 aliphatic carbocycles. The molecule has 1 N–H and O–H groups in total. The number of nitrogens with zero attached hydrogens (tertiary/aromatic N) is 1. The molecule has 0 aromatic carbocycles. The van der Waals surface area contributed by atoms with E-state index in [-0.39, 0.29) is 25.8 Å². The van der Waals surface area contributed by atoms with Crippen LogP contribution in [0.1, 0.15) is 181 Å². The van der Waals surface area contributed by atoms with Crippen molar-refractivity contribution in [1.82, 2.24) is 0 Å². The zero-order valence-electron chi connectivity index (χ0n) is 35.3. The zero-order valence-corrected chi connectivity index (χ0v) is 36.1. The first-order valence-electron chi connectivity index (χ1n) is 21.7. The average Bonchev–Trinajstić information content (AvgIpc) is 3.11. The number of phosphoric ester groups is 1. The quantitative estimate of drug-likeness (QED) is 0.0218. The van der Waals surface area contributed by atoms with E-state index >= 15 is 0 Å². The van der Waals surface area contributed by atoms with Gasteiger partial charge in [0.1, 0.15) is 19.3 Å². The van der Waals surface area contributed by atoms with Crippen LogP contribution in [0.3, 0.4) is 0 Å². The van der Waals surface area contributed by atoms with Crippen molar-refractivity contribution in [1.29, 1.82) is 0 Å². The Morgan fingerprint density at radius 3 is 1.60 bits per heavy atom. The maximum absolute atomic E-state index is 12.6. The van der Waals surface area contributed by atoms with Crippen molar-refractivity contribution in [3.8, 4) is 0 Å². The van der Waals surface area contributed by atoms with Crippen molar-refractivity contribution in [3.63, 3.8) is 0 Å². The predicted molar refractivity (Wildman–Crippen MR) is 224 cm³/mol. The summed E-state index contributed by atoms with van der Waals surface area (Å²) >= 11 is 0. The molecule has 0 amide bonds. The van der Waals surface area contributed by atoms with Crippen LogP contribution in [-0.4, -0.2) is 75.6 Å². The maximum Gasteiger partial charge on any atom is 0.472 e. The number of quaternary nitrogens is 1. The molecular formula is C44H85NO7P+. The van der Waals surface area contributed by atoms with Gasteiger partial charge < -0.3 is 18.9 Å². The summed E-state index contributed by atoms with van der Waals surface area (Å²) in [6.07, 6.45) is 43.2. The molecule has 53 heavy (non-hydrogen) atoms. The highest BCUT2D eigenvalue weighted by molar-refractivity contribution is 7.47. The number of esters is 1. The molecule has 0 rings (SSSR count). The second-order valence-electron chi connectivity index (χ2n) is 15.7. The molecule has 9 heteroatoms. The first-order chi connectivity index (χ1) is 25.6. The molecule has 0 saturated heterocycles. The van der Waals surface area contributed by atoms with E-state index in [0.717, 1.165) is 51.4 Å². The molecule has 0 aromatic rings. The summed E-state index contributed by atoms with van der Waals surface area (Å²) in [6.45, 7) is 5.55. The van der Waals surface area contributed by atoms with E-state index < -0.39 is 13.9 Å². The minimum Gasteiger partial charge on any atom is -0.457 e. The van der Waals surface area contributed by atoms with E-state index in [1.165, 1.54) is 109 Å². The number of hydrogen-bond donors (Lipinski definition) is 1. The Balaban J connectivity index is 4.17. The Morgan fingerprint density at radius 2 is 1.06 bits per heavy atom. The van der Waals surface area contributed by atoms with Gasteiger partial charge in [0, 0.05) is 13.0 Å². The molecule has 0 aromatic heterocycles. The van der Waals surface area contributed by atoms with Crippen molar-refractivity contribution < 1.29 is 37.3 Å². The van der Waals surface area contributed by atoms with Crippen LogP contribution in [0.2, 0.25) is 0 Å². The van der Waals surface area contributed by atoms with E-state index in [9.17, 15) is 14.3 Å². The third-order valence-electron chi connectivity index (χ3n) is 9.17. The molecule has 312 valence electrons. The summed E-state index contributed by atoms with van der Waals surface area (Å²) in [7, 11) is 1.66. The summed E-state index contributed by atoms with van der Waals surface area (Å²) in [5, 5.41) is 0. The molecule has 0 bridgehead atoms. The molecule has 0 saturated carbocycles. The summed E-state index contributed by atoms with van der Waals surface area (Å²) < 4.78 is 34.9. The largest absolute Gasteiger partial charge is 0.472 e. The normalized spacial score (nSPS) is 14.2. The molecule has 0 heterocycles. The molecule has 2 atom stereocenters. The van der Waals surface area contributed by atoms with Crippen LogP contribution in [-0.2, 0) is 27.9 Å². The predicted octanol–water partition coefficient (Wildman–Crippen LogP) is 12.6. The monoisotopic (exact) mass is 771 g/mol. The van der Waals surface area contributed by atoms with Gasteiger partial charge in [0.2, 0.25) is 0 Å². The number of likely N-dealkylation sites (N-methyl/N-ethyl adjacent to an activating group) is 1. The molecular weight excluding hydrogens is 685 g/mol. The first-order valence-corrected chi connectivity index (χ1v) is 23.2. The maximum atomic E-state index is 12.6. The van der Waals surface area contributed by atoms with Crippen molar-refractivity contribution >= 4 is 13.8 Å². The van der Waals surface area contributed by atoms with Crippen LogP contribution in [0.4, 0.5) is 0 Å². The lowest BCUT2D eigenvalue weighted by Crippen LogP contribution is -2.37. The van der Waals surface area contributed by atoms with E-state index in [2.05, 4.69) is 50.3 Å². The van der Waals surface area contributed by atoms with Gasteiger partial charge in [-0.3, -0.25) is 13.8 Å². The highest BCUT2D eigenvalue weighted by Gasteiger charge is 2.26. The number of carbonyl (C=O) groups is 1. The van der Waals surface area contributed by atoms with E-state index in [1.54, 1.807) is 0 Å². The third kappa shape index (κ3) is 41.7. The SMILES string of the molecule is CCCC/C=C\CCCCCCCC(=O)OC(COCCCCCCCCCCCC/C=C\C/C=C\CCCCC)COP(=O)(O)OCC[N+](C)(C)C. The molecule has 0 aliphatic rings. The van der Waals surface area contributed by atoms with Crippen LogP contribution in [0.15, 0.2) is 36.5 Å². The standard InChI is InChI=1S/C44H84NO7P/c1-6-8-10-12-14-16-18-19-20-21-22-23-24-25-26-28-30-32-34-36-39-49-41-43(42-51-53(47,48)50-40-38-45(3,4)5)52-44(46)37-35-33-31-29-27-17-15-13-11-9-7-2/h13-16,19-20,43H,6-12,17-18,21-42H2,1-5H3/p+1/b15-13-,16-14-,20-19-. The summed E-state index contributed by atoms with van der Waals surface area (Å²) in [6, 6.07) is 0. The second-order valence-corrected chi connectivity index (χ2v) is 17.2. The van der Waals surface area contributed by atoms with Gasteiger partial charge >= 0.3 is 13.8 Å². The van der Waals surface area contributed by atoms with Gasteiger partial charge in [-0.05, 0) is 64.2 Å². The van der Waals surface area contributed by atoms with Crippen LogP contribution in [0, 0.1) is 0 Å². The molecule has 0 fully saturated rings. The first kappa shape index (κ1) is 51.7. The lowest BCUT2D eigenvalue weighted by molar-refractivity contribution is -0.870. The van der Waals surface area contributed by atoms with Crippen LogP contribution >= 0.6 is 7.82 Å². The number of rotatable bonds is 40. The van der Waals surface area contributed by atoms with Crippen molar-refractivity contribution in [2.75, 3.05) is 54.1 Å². The van der Waals surface area contributed by atoms with Crippen LogP contribution in [0.25, 0.3) is 0 Å². The molecule has 2 unspecified atom stereocenters. The Morgan fingerprint density at radius 1 is 0.585 bits per heavy atom. The second kappa shape index (κ2) is 37.6. The van der Waals surface area contributed by atoms with E-state index in [0.29, 0.717) is 24.1 Å².